The van der Waals surface area contributed by atoms with E-state index in [-0.39, 0.29) is 0 Å². The molecule has 32 heavy (non-hydrogen) atoms. The van der Waals surface area contributed by atoms with Crippen molar-refractivity contribution in [2.75, 3.05) is 0 Å². The molecule has 2 rings (SSSR count). The normalized spacial score (nSPS) is 13.9. The van der Waals surface area contributed by atoms with Crippen molar-refractivity contribution in [3.63, 3.8) is 0 Å². The van der Waals surface area contributed by atoms with Gasteiger partial charge in [0.25, 0.3) is 0 Å². The smallest absolute Gasteiger partial charge is 0.306 e. The van der Waals surface area contributed by atoms with Gasteiger partial charge in [-0.3, -0.25) is 0 Å². The minimum atomic E-state index is -5.60. The van der Waals surface area contributed by atoms with Gasteiger partial charge in [0.2, 0.25) is 11.1 Å². The van der Waals surface area contributed by atoms with E-state index in [4.69, 9.17) is 0 Å². The molecule has 180 valence electrons. The van der Waals surface area contributed by atoms with E-state index >= 15 is 0 Å². The molecule has 0 saturated carbocycles. The highest BCUT2D eigenvalue weighted by Crippen LogP contribution is 2.49. The number of alkyl halides is 12. The van der Waals surface area contributed by atoms with E-state index in [1.807, 2.05) is 0 Å². The molecule has 0 aromatic heterocycles. The Morgan fingerprint density at radius 2 is 0.562 bits per heavy atom. The Labute approximate surface area is 172 Å². The number of nitrogens with two attached hydrogens (primary N) is 2. The molecule has 2 aromatic carbocycles. The van der Waals surface area contributed by atoms with Gasteiger partial charge in [-0.1, -0.05) is 60.7 Å². The molecule has 0 unspecified atom stereocenters. The summed E-state index contributed by atoms with van der Waals surface area (Å²) in [5.74, 6) is 0. The molecule has 2 nitrogen and oxygen atoms in total. The highest BCUT2D eigenvalue weighted by Gasteiger charge is 2.70. The predicted molar refractivity (Wildman–Crippen MR) is 88.8 cm³/mol. The van der Waals surface area contributed by atoms with Gasteiger partial charge >= 0.3 is 24.7 Å². The summed E-state index contributed by atoms with van der Waals surface area (Å²) in [4.78, 5) is 0. The van der Waals surface area contributed by atoms with Crippen LogP contribution in [0.25, 0.3) is 0 Å². The molecular weight excluding hydrogens is 472 g/mol. The zero-order valence-corrected chi connectivity index (χ0v) is 15.5. The number of hydrogen-bond acceptors (Lipinski definition) is 2. The highest BCUT2D eigenvalue weighted by atomic mass is 19.4. The SMILES string of the molecule is NC(c1ccccc1)(C(F)(F)F)C(F)(F)F.NC(c1ccccc1)(C(F)(F)F)C(F)(F)F. The Balaban J connectivity index is 0.000000320. The van der Waals surface area contributed by atoms with Gasteiger partial charge < -0.3 is 11.5 Å². The third-order valence-corrected chi connectivity index (χ3v) is 4.25. The highest BCUT2D eigenvalue weighted by molar-refractivity contribution is 5.29. The van der Waals surface area contributed by atoms with Gasteiger partial charge in [-0.05, 0) is 11.1 Å². The van der Waals surface area contributed by atoms with Crippen LogP contribution < -0.4 is 11.5 Å². The summed E-state index contributed by atoms with van der Waals surface area (Å²) in [7, 11) is 0. The zero-order valence-electron chi connectivity index (χ0n) is 15.5. The average molecular weight is 486 g/mol. The quantitative estimate of drug-likeness (QED) is 0.517. The minimum absolute atomic E-state index is 0.695. The van der Waals surface area contributed by atoms with Crippen LogP contribution in [0, 0.1) is 0 Å². The molecule has 0 aliphatic heterocycles. The molecular formula is C18H14F12N2. The first-order valence-corrected chi connectivity index (χ1v) is 8.17. The molecule has 4 N–H and O–H groups in total. The van der Waals surface area contributed by atoms with E-state index in [2.05, 4.69) is 11.5 Å². The summed E-state index contributed by atoms with van der Waals surface area (Å²) >= 11 is 0. The molecule has 0 bridgehead atoms. The first-order chi connectivity index (χ1) is 14.2. The molecule has 0 aliphatic rings. The fraction of sp³-hybridized carbons (Fsp3) is 0.333. The maximum absolute atomic E-state index is 12.4. The van der Waals surface area contributed by atoms with Crippen molar-refractivity contribution in [2.24, 2.45) is 11.5 Å². The molecule has 0 aliphatic carbocycles. The Morgan fingerprint density at radius 1 is 0.375 bits per heavy atom. The number of halogens is 12. The lowest BCUT2D eigenvalue weighted by molar-refractivity contribution is -0.303. The van der Waals surface area contributed by atoms with Crippen LogP contribution in [-0.2, 0) is 11.1 Å². The van der Waals surface area contributed by atoms with Gasteiger partial charge in [0.05, 0.1) is 0 Å². The zero-order chi connectivity index (χ0) is 25.2. The van der Waals surface area contributed by atoms with Gasteiger partial charge in [-0.25, -0.2) is 0 Å². The third-order valence-electron chi connectivity index (χ3n) is 4.25. The number of rotatable bonds is 2. The van der Waals surface area contributed by atoms with E-state index in [0.717, 1.165) is 24.3 Å². The Hall–Kier alpha value is -2.48. The van der Waals surface area contributed by atoms with Crippen molar-refractivity contribution in [3.05, 3.63) is 71.8 Å². The summed E-state index contributed by atoms with van der Waals surface area (Å²) < 4.78 is 149. The molecule has 0 saturated heterocycles. The summed E-state index contributed by atoms with van der Waals surface area (Å²) in [6.45, 7) is 0. The maximum atomic E-state index is 12.4. The Kier molecular flexibility index (Phi) is 7.58. The lowest BCUT2D eigenvalue weighted by atomic mass is 9.89. The lowest BCUT2D eigenvalue weighted by Gasteiger charge is -2.33. The molecule has 0 atom stereocenters. The van der Waals surface area contributed by atoms with Crippen LogP contribution in [0.2, 0.25) is 0 Å². The first-order valence-electron chi connectivity index (χ1n) is 8.17. The van der Waals surface area contributed by atoms with Crippen molar-refractivity contribution in [3.8, 4) is 0 Å². The third kappa shape index (κ3) is 5.11. The van der Waals surface area contributed by atoms with Gasteiger partial charge in [-0.15, -0.1) is 0 Å². The second-order valence-corrected chi connectivity index (χ2v) is 6.34. The Bertz CT molecular complexity index is 751. The van der Waals surface area contributed by atoms with Crippen molar-refractivity contribution < 1.29 is 52.7 Å². The average Bonchev–Trinajstić information content (AvgIpc) is 2.65. The molecule has 0 amide bonds. The van der Waals surface area contributed by atoms with Crippen molar-refractivity contribution in [1.29, 1.82) is 0 Å². The van der Waals surface area contributed by atoms with Gasteiger partial charge in [0.15, 0.2) is 0 Å². The monoisotopic (exact) mass is 486 g/mol. The molecule has 0 heterocycles. The summed E-state index contributed by atoms with van der Waals surface area (Å²) in [5.41, 5.74) is -1.68. The number of benzene rings is 2. The topological polar surface area (TPSA) is 52.0 Å². The van der Waals surface area contributed by atoms with Gasteiger partial charge in [-0.2, -0.15) is 52.7 Å². The largest absolute Gasteiger partial charge is 0.419 e. The van der Waals surface area contributed by atoms with Crippen molar-refractivity contribution in [1.82, 2.24) is 0 Å². The lowest BCUT2D eigenvalue weighted by Crippen LogP contribution is -2.60. The Morgan fingerprint density at radius 3 is 0.719 bits per heavy atom. The number of hydrogen-bond donors (Lipinski definition) is 2. The van der Waals surface area contributed by atoms with Crippen molar-refractivity contribution >= 4 is 0 Å². The molecule has 0 radical (unpaired) electrons. The van der Waals surface area contributed by atoms with E-state index in [0.29, 0.717) is 24.3 Å². The fourth-order valence-corrected chi connectivity index (χ4v) is 2.38. The maximum Gasteiger partial charge on any atom is 0.419 e. The molecule has 0 fully saturated rings. The second-order valence-electron chi connectivity index (χ2n) is 6.34. The second kappa shape index (κ2) is 8.81. The van der Waals surface area contributed by atoms with E-state index < -0.39 is 46.9 Å². The molecule has 14 heteroatoms. The van der Waals surface area contributed by atoms with Crippen LogP contribution >= 0.6 is 0 Å². The van der Waals surface area contributed by atoms with E-state index in [9.17, 15) is 52.7 Å². The summed E-state index contributed by atoms with van der Waals surface area (Å²) in [6.07, 6.45) is -22.4. The minimum Gasteiger partial charge on any atom is -0.306 e. The van der Waals surface area contributed by atoms with Crippen LogP contribution in [0.3, 0.4) is 0 Å². The first kappa shape index (κ1) is 27.6. The molecule has 2 aromatic rings. The standard InChI is InChI=1S/2C9H7F6N/c2*10-8(11,12)7(16,9(13,14)15)6-4-2-1-3-5-6/h2*1-5H,16H2. The molecule has 0 spiro atoms. The summed E-state index contributed by atoms with van der Waals surface area (Å²) in [6, 6.07) is 9.64. The predicted octanol–water partition coefficient (Wildman–Crippen LogP) is 5.93. The van der Waals surface area contributed by atoms with E-state index in [1.54, 1.807) is 0 Å². The van der Waals surface area contributed by atoms with Crippen LogP contribution in [0.5, 0.6) is 0 Å². The van der Waals surface area contributed by atoms with Crippen molar-refractivity contribution in [2.45, 2.75) is 35.8 Å². The van der Waals surface area contributed by atoms with Gasteiger partial charge in [0.1, 0.15) is 0 Å². The summed E-state index contributed by atoms with van der Waals surface area (Å²) in [5, 5.41) is 0. The van der Waals surface area contributed by atoms with Crippen LogP contribution in [0.15, 0.2) is 60.7 Å². The van der Waals surface area contributed by atoms with Crippen LogP contribution in [0.1, 0.15) is 11.1 Å². The fourth-order valence-electron chi connectivity index (χ4n) is 2.38. The van der Waals surface area contributed by atoms with Crippen LogP contribution in [-0.4, -0.2) is 24.7 Å². The van der Waals surface area contributed by atoms with Gasteiger partial charge in [0, 0.05) is 0 Å². The van der Waals surface area contributed by atoms with E-state index in [1.165, 1.54) is 12.1 Å². The van der Waals surface area contributed by atoms with Crippen LogP contribution in [0.4, 0.5) is 52.7 Å².